The summed E-state index contributed by atoms with van der Waals surface area (Å²) in [5.74, 6) is -1.93. The normalized spacial score (nSPS) is 13.6. The highest BCUT2D eigenvalue weighted by Crippen LogP contribution is 2.33. The van der Waals surface area contributed by atoms with E-state index in [0.717, 1.165) is 35.8 Å². The molecule has 3 N–H and O–H groups in total. The fourth-order valence-electron chi connectivity index (χ4n) is 3.38. The molecule has 2 aromatic rings. The molecular formula is C20H22N2O7. The number of hydrogen-bond acceptors (Lipinski definition) is 6. The minimum Gasteiger partial charge on any atom is -0.480 e. The van der Waals surface area contributed by atoms with E-state index in [2.05, 4.69) is 10.6 Å². The molecule has 9 nitrogen and oxygen atoms in total. The van der Waals surface area contributed by atoms with Gasteiger partial charge >= 0.3 is 11.6 Å². The van der Waals surface area contributed by atoms with Crippen molar-refractivity contribution in [1.82, 2.24) is 10.6 Å². The first kappa shape index (κ1) is 20.4. The van der Waals surface area contributed by atoms with E-state index in [0.29, 0.717) is 16.9 Å². The van der Waals surface area contributed by atoms with Crippen molar-refractivity contribution in [3.05, 3.63) is 39.2 Å². The first-order valence-corrected chi connectivity index (χ1v) is 9.29. The second kappa shape index (κ2) is 8.34. The molecule has 1 unspecified atom stereocenters. The maximum absolute atomic E-state index is 12.2. The number of hydrogen-bond donors (Lipinski definition) is 3. The first-order valence-electron chi connectivity index (χ1n) is 9.29. The lowest BCUT2D eigenvalue weighted by atomic mass is 10.0. The molecule has 0 saturated carbocycles. The highest BCUT2D eigenvalue weighted by molar-refractivity contribution is 5.89. The van der Waals surface area contributed by atoms with E-state index in [9.17, 15) is 19.2 Å². The van der Waals surface area contributed by atoms with Gasteiger partial charge in [0.1, 0.15) is 17.9 Å². The molecule has 2 amide bonds. The van der Waals surface area contributed by atoms with E-state index >= 15 is 0 Å². The molecular weight excluding hydrogens is 380 g/mol. The van der Waals surface area contributed by atoms with Crippen LogP contribution in [0.25, 0.3) is 11.0 Å². The van der Waals surface area contributed by atoms with Crippen LogP contribution in [0.2, 0.25) is 0 Å². The average Bonchev–Trinajstić information content (AvgIpc) is 3.18. The van der Waals surface area contributed by atoms with Crippen LogP contribution in [0.3, 0.4) is 0 Å². The molecule has 0 aliphatic heterocycles. The van der Waals surface area contributed by atoms with E-state index < -0.39 is 30.4 Å². The predicted octanol–water partition coefficient (Wildman–Crippen LogP) is 0.674. The molecule has 1 atom stereocenters. The van der Waals surface area contributed by atoms with E-state index in [1.165, 1.54) is 6.92 Å². The molecule has 1 aromatic carbocycles. The number of carboxylic acids is 1. The number of aliphatic carboxylic acids is 1. The summed E-state index contributed by atoms with van der Waals surface area (Å²) in [5.41, 5.74) is 2.49. The SMILES string of the molecule is Cc1c(OC(C)C(=O)NCC(=O)NCC(=O)O)ccc2c3c(c(=O)oc12)CCC3. The summed E-state index contributed by atoms with van der Waals surface area (Å²) in [4.78, 5) is 46.3. The zero-order valence-electron chi connectivity index (χ0n) is 16.2. The molecule has 0 radical (unpaired) electrons. The van der Waals surface area contributed by atoms with Crippen LogP contribution in [-0.2, 0) is 27.2 Å². The Kier molecular flexibility index (Phi) is 5.86. The number of carbonyl (C=O) groups is 3. The molecule has 154 valence electrons. The van der Waals surface area contributed by atoms with Crippen LogP contribution in [-0.4, -0.2) is 42.1 Å². The predicted molar refractivity (Wildman–Crippen MR) is 103 cm³/mol. The summed E-state index contributed by atoms with van der Waals surface area (Å²) >= 11 is 0. The topological polar surface area (TPSA) is 135 Å². The fourth-order valence-corrected chi connectivity index (χ4v) is 3.38. The van der Waals surface area contributed by atoms with Crippen molar-refractivity contribution in [3.63, 3.8) is 0 Å². The maximum Gasteiger partial charge on any atom is 0.339 e. The van der Waals surface area contributed by atoms with Crippen molar-refractivity contribution in [3.8, 4) is 5.75 Å². The van der Waals surface area contributed by atoms with Crippen LogP contribution in [0.1, 0.15) is 30.0 Å². The van der Waals surface area contributed by atoms with Crippen LogP contribution in [0.15, 0.2) is 21.3 Å². The number of fused-ring (bicyclic) bond motifs is 3. The molecule has 1 aliphatic carbocycles. The molecule has 9 heteroatoms. The average molecular weight is 402 g/mol. The molecule has 0 fully saturated rings. The zero-order chi connectivity index (χ0) is 21.1. The Morgan fingerprint density at radius 1 is 1.17 bits per heavy atom. The van der Waals surface area contributed by atoms with Gasteiger partial charge in [-0.15, -0.1) is 0 Å². The van der Waals surface area contributed by atoms with Gasteiger partial charge in [-0.1, -0.05) is 0 Å². The quantitative estimate of drug-likeness (QED) is 0.580. The summed E-state index contributed by atoms with van der Waals surface area (Å²) in [6.07, 6.45) is 1.56. The number of carbonyl (C=O) groups excluding carboxylic acids is 2. The Morgan fingerprint density at radius 3 is 2.62 bits per heavy atom. The minimum atomic E-state index is -1.18. The first-order chi connectivity index (χ1) is 13.8. The maximum atomic E-state index is 12.2. The second-order valence-corrected chi connectivity index (χ2v) is 6.91. The molecule has 0 saturated heterocycles. The number of nitrogens with one attached hydrogen (secondary N) is 2. The van der Waals surface area contributed by atoms with Gasteiger partial charge in [0.05, 0.1) is 6.54 Å². The van der Waals surface area contributed by atoms with Gasteiger partial charge in [-0.05, 0) is 50.8 Å². The third-order valence-corrected chi connectivity index (χ3v) is 4.87. The van der Waals surface area contributed by atoms with Gasteiger partial charge in [-0.2, -0.15) is 0 Å². The van der Waals surface area contributed by atoms with Gasteiger partial charge in [0, 0.05) is 16.5 Å². The van der Waals surface area contributed by atoms with Crippen LogP contribution < -0.4 is 21.0 Å². The second-order valence-electron chi connectivity index (χ2n) is 6.91. The van der Waals surface area contributed by atoms with Crippen molar-refractivity contribution in [2.75, 3.05) is 13.1 Å². The highest BCUT2D eigenvalue weighted by atomic mass is 16.5. The molecule has 1 aromatic heterocycles. The monoisotopic (exact) mass is 402 g/mol. The molecule has 3 rings (SSSR count). The molecule has 0 spiro atoms. The van der Waals surface area contributed by atoms with Crippen LogP contribution in [0.4, 0.5) is 0 Å². The van der Waals surface area contributed by atoms with Crippen LogP contribution in [0, 0.1) is 6.92 Å². The van der Waals surface area contributed by atoms with Crippen molar-refractivity contribution < 1.29 is 28.6 Å². The van der Waals surface area contributed by atoms with Crippen molar-refractivity contribution in [2.24, 2.45) is 0 Å². The summed E-state index contributed by atoms with van der Waals surface area (Å²) < 4.78 is 11.2. The fraction of sp³-hybridized carbons (Fsp3) is 0.400. The Labute approximate surface area is 166 Å². The van der Waals surface area contributed by atoms with Gasteiger partial charge in [-0.3, -0.25) is 14.4 Å². The lowest BCUT2D eigenvalue weighted by molar-refractivity contribution is -0.137. The summed E-state index contributed by atoms with van der Waals surface area (Å²) in [6, 6.07) is 3.56. The Hall–Kier alpha value is -3.36. The minimum absolute atomic E-state index is 0.330. The number of aryl methyl sites for hydroxylation is 2. The zero-order valence-corrected chi connectivity index (χ0v) is 16.2. The van der Waals surface area contributed by atoms with Crippen molar-refractivity contribution in [1.29, 1.82) is 0 Å². The molecule has 1 aliphatic rings. The van der Waals surface area contributed by atoms with Gasteiger partial charge < -0.3 is 24.9 Å². The van der Waals surface area contributed by atoms with E-state index in [4.69, 9.17) is 14.3 Å². The highest BCUT2D eigenvalue weighted by Gasteiger charge is 2.23. The van der Waals surface area contributed by atoms with Crippen LogP contribution >= 0.6 is 0 Å². The molecule has 0 bridgehead atoms. The number of ether oxygens (including phenoxy) is 1. The Balaban J connectivity index is 1.69. The smallest absolute Gasteiger partial charge is 0.339 e. The Morgan fingerprint density at radius 2 is 1.90 bits per heavy atom. The number of amides is 2. The Bertz CT molecular complexity index is 1040. The van der Waals surface area contributed by atoms with Crippen molar-refractivity contribution >= 4 is 28.8 Å². The molecule has 29 heavy (non-hydrogen) atoms. The van der Waals surface area contributed by atoms with E-state index in [1.54, 1.807) is 13.0 Å². The third-order valence-electron chi connectivity index (χ3n) is 4.87. The van der Waals surface area contributed by atoms with Crippen LogP contribution in [0.5, 0.6) is 5.75 Å². The lowest BCUT2D eigenvalue weighted by Crippen LogP contribution is -2.43. The number of rotatable bonds is 7. The van der Waals surface area contributed by atoms with E-state index in [1.807, 2.05) is 6.07 Å². The number of benzene rings is 1. The summed E-state index contributed by atoms with van der Waals surface area (Å²) in [7, 11) is 0. The van der Waals surface area contributed by atoms with E-state index in [-0.39, 0.29) is 12.2 Å². The standard InChI is InChI=1S/C20H22N2O7/c1-10-15(28-11(2)19(26)22-8-16(23)21-9-17(24)25)7-6-13-12-4-3-5-14(12)20(27)29-18(10)13/h6-7,11H,3-5,8-9H2,1-2H3,(H,21,23)(H,22,26)(H,24,25). The van der Waals surface area contributed by atoms with Gasteiger partial charge in [-0.25, -0.2) is 4.79 Å². The van der Waals surface area contributed by atoms with Gasteiger partial charge in [0.25, 0.3) is 5.91 Å². The molecule has 1 heterocycles. The van der Waals surface area contributed by atoms with Gasteiger partial charge in [0.15, 0.2) is 6.10 Å². The third kappa shape index (κ3) is 4.39. The lowest BCUT2D eigenvalue weighted by Gasteiger charge is -2.17. The number of carboxylic acid groups (broad SMARTS) is 1. The van der Waals surface area contributed by atoms with Gasteiger partial charge in [0.2, 0.25) is 5.91 Å². The van der Waals surface area contributed by atoms with Crippen molar-refractivity contribution in [2.45, 2.75) is 39.2 Å². The largest absolute Gasteiger partial charge is 0.480 e. The summed E-state index contributed by atoms with van der Waals surface area (Å²) in [6.45, 7) is 2.39. The summed E-state index contributed by atoms with van der Waals surface area (Å²) in [5, 5.41) is 13.9.